The normalized spacial score (nSPS) is 12.0. The van der Waals surface area contributed by atoms with Gasteiger partial charge in [0.05, 0.1) is 6.07 Å². The summed E-state index contributed by atoms with van der Waals surface area (Å²) in [6.07, 6.45) is 3.71. The lowest BCUT2D eigenvalue weighted by Gasteiger charge is -2.01. The molecular weight excluding hydrogens is 156 g/mol. The van der Waals surface area contributed by atoms with Crippen LogP contribution in [0.4, 0.5) is 0 Å². The molecule has 68 valence electrons. The van der Waals surface area contributed by atoms with E-state index >= 15 is 0 Å². The van der Waals surface area contributed by atoms with Crippen molar-refractivity contribution < 1.29 is 4.92 Å². The summed E-state index contributed by atoms with van der Waals surface area (Å²) < 4.78 is 0. The molecule has 0 spiro atoms. The Bertz CT molecular complexity index is 174. The first-order valence-electron chi connectivity index (χ1n) is 4.22. The van der Waals surface area contributed by atoms with Gasteiger partial charge >= 0.3 is 0 Å². The lowest BCUT2D eigenvalue weighted by atomic mass is 10.0. The molecule has 1 atom stereocenters. The molecule has 0 heterocycles. The van der Waals surface area contributed by atoms with Crippen molar-refractivity contribution in [3.8, 4) is 6.07 Å². The van der Waals surface area contributed by atoms with Gasteiger partial charge < -0.3 is 0 Å². The van der Waals surface area contributed by atoms with Crippen LogP contribution < -0.4 is 0 Å². The summed E-state index contributed by atoms with van der Waals surface area (Å²) >= 11 is 0. The highest BCUT2D eigenvalue weighted by atomic mass is 16.6. The van der Waals surface area contributed by atoms with Gasteiger partial charge in [-0.2, -0.15) is 5.26 Å². The minimum absolute atomic E-state index is 0.208. The van der Waals surface area contributed by atoms with Crippen LogP contribution in [0.5, 0.6) is 0 Å². The quantitative estimate of drug-likeness (QED) is 0.347. The van der Waals surface area contributed by atoms with Gasteiger partial charge in [0.1, 0.15) is 5.92 Å². The zero-order chi connectivity index (χ0) is 9.40. The van der Waals surface area contributed by atoms with E-state index in [4.69, 9.17) is 5.26 Å². The molecule has 12 heavy (non-hydrogen) atoms. The van der Waals surface area contributed by atoms with Crippen LogP contribution in [0.1, 0.15) is 32.6 Å². The second kappa shape index (κ2) is 6.59. The molecule has 0 aliphatic carbocycles. The van der Waals surface area contributed by atoms with Gasteiger partial charge in [0.15, 0.2) is 0 Å². The fraction of sp³-hybridized carbons (Fsp3) is 0.875. The Morgan fingerprint density at radius 3 is 2.67 bits per heavy atom. The molecule has 0 bridgehead atoms. The van der Waals surface area contributed by atoms with E-state index in [2.05, 4.69) is 6.92 Å². The first-order valence-corrected chi connectivity index (χ1v) is 4.22. The highest BCUT2D eigenvalue weighted by molar-refractivity contribution is 4.81. The lowest BCUT2D eigenvalue weighted by molar-refractivity contribution is -0.485. The molecule has 0 aromatic heterocycles. The van der Waals surface area contributed by atoms with E-state index in [1.807, 2.05) is 6.07 Å². The Morgan fingerprint density at radius 2 is 2.25 bits per heavy atom. The van der Waals surface area contributed by atoms with Crippen LogP contribution in [0.25, 0.3) is 0 Å². The van der Waals surface area contributed by atoms with Crippen molar-refractivity contribution in [2.24, 2.45) is 5.92 Å². The fourth-order valence-electron chi connectivity index (χ4n) is 1.02. The van der Waals surface area contributed by atoms with E-state index < -0.39 is 10.8 Å². The Kier molecular flexibility index (Phi) is 5.98. The second-order valence-electron chi connectivity index (χ2n) is 2.84. The van der Waals surface area contributed by atoms with Crippen LogP contribution in [-0.4, -0.2) is 11.5 Å². The molecule has 0 saturated carbocycles. The average Bonchev–Trinajstić information content (AvgIpc) is 2.02. The number of nitriles is 1. The van der Waals surface area contributed by atoms with E-state index in [0.29, 0.717) is 6.42 Å². The van der Waals surface area contributed by atoms with Crippen LogP contribution in [0.3, 0.4) is 0 Å². The topological polar surface area (TPSA) is 66.9 Å². The predicted molar refractivity (Wildman–Crippen MR) is 45.1 cm³/mol. The van der Waals surface area contributed by atoms with Gasteiger partial charge in [0.25, 0.3) is 0 Å². The van der Waals surface area contributed by atoms with Crippen LogP contribution in [0, 0.1) is 27.4 Å². The molecule has 4 heteroatoms. The summed E-state index contributed by atoms with van der Waals surface area (Å²) in [6.45, 7) is 1.86. The van der Waals surface area contributed by atoms with Crippen molar-refractivity contribution in [2.75, 3.05) is 6.54 Å². The third-order valence-corrected chi connectivity index (χ3v) is 1.71. The predicted octanol–water partition coefficient (Wildman–Crippen LogP) is 1.98. The zero-order valence-electron chi connectivity index (χ0n) is 7.32. The summed E-state index contributed by atoms with van der Waals surface area (Å²) in [6, 6.07) is 1.95. The molecule has 4 nitrogen and oxygen atoms in total. The second-order valence-corrected chi connectivity index (χ2v) is 2.84. The maximum absolute atomic E-state index is 10.1. The minimum atomic E-state index is -0.417. The Morgan fingerprint density at radius 1 is 1.58 bits per heavy atom. The third-order valence-electron chi connectivity index (χ3n) is 1.71. The maximum atomic E-state index is 10.1. The first kappa shape index (κ1) is 10.9. The standard InChI is InChI=1S/C8H14N2O2/c1-2-3-4-5-8(6-9)7-10(11)12/h8H,2-5,7H2,1H3/t8-/m0/s1. The number of nitrogens with zero attached hydrogens (tertiary/aromatic N) is 2. The van der Waals surface area contributed by atoms with Crippen molar-refractivity contribution in [3.63, 3.8) is 0 Å². The molecule has 0 amide bonds. The van der Waals surface area contributed by atoms with Gasteiger partial charge in [-0.3, -0.25) is 10.1 Å². The molecule has 0 radical (unpaired) electrons. The Labute approximate surface area is 72.3 Å². The van der Waals surface area contributed by atoms with Gasteiger partial charge in [-0.05, 0) is 6.42 Å². The molecule has 0 saturated heterocycles. The summed E-state index contributed by atoms with van der Waals surface area (Å²) in [7, 11) is 0. The van der Waals surface area contributed by atoms with Crippen molar-refractivity contribution in [2.45, 2.75) is 32.6 Å². The summed E-state index contributed by atoms with van der Waals surface area (Å²) in [5, 5.41) is 18.6. The molecule has 0 aliphatic heterocycles. The monoisotopic (exact) mass is 170 g/mol. The number of hydrogen-bond acceptors (Lipinski definition) is 3. The van der Waals surface area contributed by atoms with Crippen LogP contribution in [-0.2, 0) is 0 Å². The minimum Gasteiger partial charge on any atom is -0.264 e. The maximum Gasteiger partial charge on any atom is 0.219 e. The average molecular weight is 170 g/mol. The SMILES string of the molecule is CCCCC[C@@H](C#N)C[N+](=O)[O-]. The molecule has 0 fully saturated rings. The molecule has 0 unspecified atom stereocenters. The van der Waals surface area contributed by atoms with Gasteiger partial charge in [0, 0.05) is 4.92 Å². The van der Waals surface area contributed by atoms with Crippen molar-refractivity contribution in [3.05, 3.63) is 10.1 Å². The number of unbranched alkanes of at least 4 members (excludes halogenated alkanes) is 2. The van der Waals surface area contributed by atoms with Crippen LogP contribution in [0.2, 0.25) is 0 Å². The zero-order valence-corrected chi connectivity index (χ0v) is 7.32. The van der Waals surface area contributed by atoms with Gasteiger partial charge in [-0.25, -0.2) is 0 Å². The van der Waals surface area contributed by atoms with Crippen LogP contribution in [0.15, 0.2) is 0 Å². The van der Waals surface area contributed by atoms with Gasteiger partial charge in [0.2, 0.25) is 6.54 Å². The van der Waals surface area contributed by atoms with E-state index in [1.54, 1.807) is 0 Å². The van der Waals surface area contributed by atoms with E-state index in [-0.39, 0.29) is 6.54 Å². The number of hydrogen-bond donors (Lipinski definition) is 0. The lowest BCUT2D eigenvalue weighted by Crippen LogP contribution is -2.12. The van der Waals surface area contributed by atoms with Gasteiger partial charge in [-0.1, -0.05) is 26.2 Å². The first-order chi connectivity index (χ1) is 5.70. The molecule has 0 aromatic rings. The van der Waals surface area contributed by atoms with E-state index in [0.717, 1.165) is 19.3 Å². The molecule has 0 rings (SSSR count). The molecule has 0 aliphatic rings. The largest absolute Gasteiger partial charge is 0.264 e. The van der Waals surface area contributed by atoms with Gasteiger partial charge in [-0.15, -0.1) is 0 Å². The summed E-state index contributed by atoms with van der Waals surface area (Å²) in [5.41, 5.74) is 0. The smallest absolute Gasteiger partial charge is 0.219 e. The molecular formula is C8H14N2O2. The highest BCUT2D eigenvalue weighted by Crippen LogP contribution is 2.08. The van der Waals surface area contributed by atoms with Crippen LogP contribution >= 0.6 is 0 Å². The molecule has 0 aromatic carbocycles. The number of nitro groups is 1. The third kappa shape index (κ3) is 5.66. The van der Waals surface area contributed by atoms with E-state index in [9.17, 15) is 10.1 Å². The molecule has 0 N–H and O–H groups in total. The highest BCUT2D eigenvalue weighted by Gasteiger charge is 2.13. The Balaban J connectivity index is 3.55. The summed E-state index contributed by atoms with van der Waals surface area (Å²) in [5.74, 6) is -0.397. The van der Waals surface area contributed by atoms with Crippen molar-refractivity contribution >= 4 is 0 Å². The summed E-state index contributed by atoms with van der Waals surface area (Å²) in [4.78, 5) is 9.64. The van der Waals surface area contributed by atoms with Crippen molar-refractivity contribution in [1.82, 2.24) is 0 Å². The fourth-order valence-corrected chi connectivity index (χ4v) is 1.02. The van der Waals surface area contributed by atoms with E-state index in [1.165, 1.54) is 0 Å². The Hall–Kier alpha value is -1.11. The number of rotatable bonds is 6. The van der Waals surface area contributed by atoms with Crippen molar-refractivity contribution in [1.29, 1.82) is 5.26 Å².